The van der Waals surface area contributed by atoms with E-state index in [-0.39, 0.29) is 6.04 Å². The molecule has 1 aromatic carbocycles. The second kappa shape index (κ2) is 6.33. The molecule has 1 heterocycles. The van der Waals surface area contributed by atoms with Crippen LogP contribution in [0.2, 0.25) is 5.02 Å². The van der Waals surface area contributed by atoms with E-state index in [1.807, 2.05) is 25.1 Å². The molecule has 102 valence electrons. The zero-order valence-corrected chi connectivity index (χ0v) is 13.9. The fraction of sp³-hybridized carbons (Fsp3) is 0.308. The van der Waals surface area contributed by atoms with Crippen molar-refractivity contribution in [2.75, 3.05) is 0 Å². The lowest BCUT2D eigenvalue weighted by atomic mass is 10.0. The molecular weight excluding hydrogens is 346 g/mol. The number of aryl methyl sites for hydroxylation is 2. The normalized spacial score (nSPS) is 12.7. The number of benzene rings is 1. The van der Waals surface area contributed by atoms with Gasteiger partial charge >= 0.3 is 0 Å². The molecule has 1 unspecified atom stereocenters. The molecule has 0 saturated heterocycles. The molecule has 3 nitrogen and oxygen atoms in total. The van der Waals surface area contributed by atoms with Crippen molar-refractivity contribution in [2.24, 2.45) is 5.84 Å². The van der Waals surface area contributed by atoms with E-state index >= 15 is 0 Å². The minimum atomic E-state index is -0.0463. The van der Waals surface area contributed by atoms with Crippen LogP contribution in [0.3, 0.4) is 0 Å². The van der Waals surface area contributed by atoms with E-state index in [4.69, 9.17) is 17.4 Å². The fourth-order valence-corrected chi connectivity index (χ4v) is 3.47. The molecule has 0 aliphatic carbocycles. The molecule has 0 aliphatic heterocycles. The van der Waals surface area contributed by atoms with Gasteiger partial charge in [-0.2, -0.15) is 0 Å². The lowest BCUT2D eigenvalue weighted by Crippen LogP contribution is -2.29. The van der Waals surface area contributed by atoms with Gasteiger partial charge in [0.2, 0.25) is 0 Å². The maximum Gasteiger partial charge on any atom is 0.0950 e. The summed E-state index contributed by atoms with van der Waals surface area (Å²) in [5.41, 5.74) is 4.88. The van der Waals surface area contributed by atoms with E-state index in [9.17, 15) is 0 Å². The smallest absolute Gasteiger partial charge is 0.0950 e. The average molecular weight is 361 g/mol. The number of hydrogen-bond acceptors (Lipinski definition) is 4. The topological polar surface area (TPSA) is 50.9 Å². The molecule has 0 radical (unpaired) electrons. The lowest BCUT2D eigenvalue weighted by molar-refractivity contribution is 0.550. The first kappa shape index (κ1) is 14.9. The second-order valence-corrected chi connectivity index (χ2v) is 6.84. The molecule has 2 aromatic rings. The van der Waals surface area contributed by atoms with Gasteiger partial charge in [-0.3, -0.25) is 11.3 Å². The van der Waals surface area contributed by atoms with Crippen LogP contribution in [0.25, 0.3) is 0 Å². The second-order valence-electron chi connectivity index (χ2n) is 4.32. The highest BCUT2D eigenvalue weighted by Gasteiger charge is 2.17. The van der Waals surface area contributed by atoms with Crippen molar-refractivity contribution in [1.29, 1.82) is 0 Å². The fourth-order valence-electron chi connectivity index (χ4n) is 1.85. The van der Waals surface area contributed by atoms with Gasteiger partial charge in [0.05, 0.1) is 21.8 Å². The zero-order chi connectivity index (χ0) is 14.0. The molecular formula is C13H15BrClN3S. The lowest BCUT2D eigenvalue weighted by Gasteiger charge is -2.17. The Labute approximate surface area is 130 Å². The van der Waals surface area contributed by atoms with Crippen LogP contribution in [0.5, 0.6) is 0 Å². The van der Waals surface area contributed by atoms with E-state index < -0.39 is 0 Å². The van der Waals surface area contributed by atoms with Crippen LogP contribution in [0, 0.1) is 13.8 Å². The quantitative estimate of drug-likeness (QED) is 0.642. The van der Waals surface area contributed by atoms with E-state index in [0.717, 1.165) is 27.2 Å². The average Bonchev–Trinajstić information content (AvgIpc) is 2.69. The number of halogens is 2. The van der Waals surface area contributed by atoms with E-state index in [1.165, 1.54) is 4.88 Å². The summed E-state index contributed by atoms with van der Waals surface area (Å²) in [6, 6.07) is 5.80. The first-order valence-corrected chi connectivity index (χ1v) is 7.84. The Morgan fingerprint density at radius 1 is 1.47 bits per heavy atom. The molecule has 0 bridgehead atoms. The molecule has 19 heavy (non-hydrogen) atoms. The highest BCUT2D eigenvalue weighted by atomic mass is 79.9. The summed E-state index contributed by atoms with van der Waals surface area (Å²) >= 11 is 11.4. The van der Waals surface area contributed by atoms with Crippen LogP contribution in [-0.2, 0) is 6.42 Å². The summed E-state index contributed by atoms with van der Waals surface area (Å²) in [4.78, 5) is 5.79. The third-order valence-electron chi connectivity index (χ3n) is 3.01. The third kappa shape index (κ3) is 3.35. The van der Waals surface area contributed by atoms with Crippen LogP contribution in [0.1, 0.15) is 27.2 Å². The van der Waals surface area contributed by atoms with Crippen molar-refractivity contribution in [3.8, 4) is 0 Å². The number of hydrogen-bond donors (Lipinski definition) is 2. The summed E-state index contributed by atoms with van der Waals surface area (Å²) in [5.74, 6) is 5.67. The molecule has 3 N–H and O–H groups in total. The molecule has 6 heteroatoms. The van der Waals surface area contributed by atoms with Gasteiger partial charge in [0.1, 0.15) is 0 Å². The Morgan fingerprint density at radius 2 is 2.21 bits per heavy atom. The SMILES string of the molecule is Cc1nc(CC(NN)c2cccc(Br)c2Cl)sc1C. The molecule has 1 aromatic heterocycles. The van der Waals surface area contributed by atoms with Gasteiger partial charge < -0.3 is 0 Å². The minimum absolute atomic E-state index is 0.0463. The molecule has 0 spiro atoms. The number of nitrogens with zero attached hydrogens (tertiary/aromatic N) is 1. The third-order valence-corrected chi connectivity index (χ3v) is 5.42. The Hall–Kier alpha value is -0.460. The summed E-state index contributed by atoms with van der Waals surface area (Å²) in [6.07, 6.45) is 0.728. The molecule has 0 aliphatic rings. The predicted octanol–water partition coefficient (Wildman–Crippen LogP) is 3.92. The van der Waals surface area contributed by atoms with Gasteiger partial charge in [-0.1, -0.05) is 23.7 Å². The monoisotopic (exact) mass is 359 g/mol. The van der Waals surface area contributed by atoms with Crippen LogP contribution < -0.4 is 11.3 Å². The first-order valence-electron chi connectivity index (χ1n) is 5.86. The maximum atomic E-state index is 6.31. The summed E-state index contributed by atoms with van der Waals surface area (Å²) in [7, 11) is 0. The van der Waals surface area contributed by atoms with Crippen LogP contribution in [0.4, 0.5) is 0 Å². The van der Waals surface area contributed by atoms with Gasteiger partial charge in [-0.25, -0.2) is 4.98 Å². The summed E-state index contributed by atoms with van der Waals surface area (Å²) < 4.78 is 0.874. The Morgan fingerprint density at radius 3 is 2.79 bits per heavy atom. The number of thiazole rings is 1. The van der Waals surface area contributed by atoms with E-state index in [1.54, 1.807) is 11.3 Å². The van der Waals surface area contributed by atoms with Crippen molar-refractivity contribution in [1.82, 2.24) is 10.4 Å². The Bertz CT molecular complexity index is 566. The Kier molecular flexibility index (Phi) is 4.97. The molecule has 0 amide bonds. The minimum Gasteiger partial charge on any atom is -0.271 e. The molecule has 0 fully saturated rings. The van der Waals surface area contributed by atoms with Gasteiger partial charge in [-0.05, 0) is 41.4 Å². The molecule has 0 saturated carbocycles. The van der Waals surface area contributed by atoms with Crippen molar-refractivity contribution in [3.05, 3.63) is 48.8 Å². The standard InChI is InChI=1S/C13H15BrClN3S/c1-7-8(2)19-12(17-7)6-11(18-16)9-4-3-5-10(14)13(9)15/h3-5,11,18H,6,16H2,1-2H3. The maximum absolute atomic E-state index is 6.31. The van der Waals surface area contributed by atoms with Crippen molar-refractivity contribution in [2.45, 2.75) is 26.3 Å². The predicted molar refractivity (Wildman–Crippen MR) is 84.5 cm³/mol. The molecule has 2 rings (SSSR count). The van der Waals surface area contributed by atoms with E-state index in [0.29, 0.717) is 5.02 Å². The number of nitrogens with two attached hydrogens (primary N) is 1. The zero-order valence-electron chi connectivity index (χ0n) is 10.7. The van der Waals surface area contributed by atoms with Crippen molar-refractivity contribution < 1.29 is 0 Å². The van der Waals surface area contributed by atoms with Crippen LogP contribution in [0.15, 0.2) is 22.7 Å². The van der Waals surface area contributed by atoms with Crippen molar-refractivity contribution in [3.63, 3.8) is 0 Å². The summed E-state index contributed by atoms with van der Waals surface area (Å²) in [5, 5.41) is 1.75. The largest absolute Gasteiger partial charge is 0.271 e. The Balaban J connectivity index is 2.27. The van der Waals surface area contributed by atoms with Gasteiger partial charge in [0.25, 0.3) is 0 Å². The van der Waals surface area contributed by atoms with Crippen LogP contribution >= 0.6 is 38.9 Å². The van der Waals surface area contributed by atoms with Gasteiger partial charge in [0.15, 0.2) is 0 Å². The van der Waals surface area contributed by atoms with Crippen LogP contribution in [-0.4, -0.2) is 4.98 Å². The van der Waals surface area contributed by atoms with Gasteiger partial charge in [0, 0.05) is 15.8 Å². The molecule has 1 atom stereocenters. The highest BCUT2D eigenvalue weighted by Crippen LogP contribution is 2.32. The summed E-state index contributed by atoms with van der Waals surface area (Å²) in [6.45, 7) is 4.10. The first-order chi connectivity index (χ1) is 9.02. The van der Waals surface area contributed by atoms with Crippen molar-refractivity contribution >= 4 is 38.9 Å². The number of nitrogens with one attached hydrogen (secondary N) is 1. The number of aromatic nitrogens is 1. The number of rotatable bonds is 4. The number of hydrazine groups is 1. The van der Waals surface area contributed by atoms with Gasteiger partial charge in [-0.15, -0.1) is 11.3 Å². The van der Waals surface area contributed by atoms with E-state index in [2.05, 4.69) is 33.3 Å². The highest BCUT2D eigenvalue weighted by molar-refractivity contribution is 9.10.